The molecule has 4 nitrogen and oxygen atoms in total. The molecule has 0 bridgehead atoms. The van der Waals surface area contributed by atoms with Crippen molar-refractivity contribution in [2.45, 2.75) is 0 Å². The second kappa shape index (κ2) is 6.85. The summed E-state index contributed by atoms with van der Waals surface area (Å²) >= 11 is 0. The first-order valence-electron chi connectivity index (χ1n) is 9.59. The summed E-state index contributed by atoms with van der Waals surface area (Å²) in [4.78, 5) is 23.7. The van der Waals surface area contributed by atoms with Crippen LogP contribution in [0, 0.1) is 0 Å². The number of hydrogen-bond acceptors (Lipinski definition) is 4. The summed E-state index contributed by atoms with van der Waals surface area (Å²) in [5, 5.41) is 8.70. The van der Waals surface area contributed by atoms with Gasteiger partial charge in [-0.1, -0.05) is 48.5 Å². The lowest BCUT2D eigenvalue weighted by Gasteiger charge is -2.11. The molecule has 30 heavy (non-hydrogen) atoms. The third-order valence-electron chi connectivity index (χ3n) is 5.67. The van der Waals surface area contributed by atoms with Crippen LogP contribution in [0.15, 0.2) is 72.8 Å². The summed E-state index contributed by atoms with van der Waals surface area (Å²) in [6.45, 7) is 0. The third-order valence-corrected chi connectivity index (χ3v) is 5.67. The highest BCUT2D eigenvalue weighted by atomic mass is 16.5. The SMILES string of the molecule is COC(=O)c1ccc2c(ccc3c2ccc2c4ccc(C(=O)OC)cc4ccc23)c1. The normalized spacial score (nSPS) is 11.3. The topological polar surface area (TPSA) is 52.6 Å². The number of fused-ring (bicyclic) bond motifs is 7. The zero-order chi connectivity index (χ0) is 20.8. The third kappa shape index (κ3) is 2.69. The first-order valence-corrected chi connectivity index (χ1v) is 9.59. The molecule has 0 aliphatic heterocycles. The predicted molar refractivity (Wildman–Crippen MR) is 119 cm³/mol. The summed E-state index contributed by atoms with van der Waals surface area (Å²) in [6, 6.07) is 23.8. The summed E-state index contributed by atoms with van der Waals surface area (Å²) in [7, 11) is 2.77. The average Bonchev–Trinajstić information content (AvgIpc) is 2.81. The van der Waals surface area contributed by atoms with Gasteiger partial charge in [0.15, 0.2) is 0 Å². The van der Waals surface area contributed by atoms with Crippen LogP contribution >= 0.6 is 0 Å². The zero-order valence-corrected chi connectivity index (χ0v) is 16.6. The highest BCUT2D eigenvalue weighted by Crippen LogP contribution is 2.35. The Kier molecular flexibility index (Phi) is 4.14. The lowest BCUT2D eigenvalue weighted by molar-refractivity contribution is 0.0592. The fraction of sp³-hybridized carbons (Fsp3) is 0.0769. The van der Waals surface area contributed by atoms with E-state index in [1.165, 1.54) is 14.2 Å². The van der Waals surface area contributed by atoms with Crippen LogP contribution < -0.4 is 0 Å². The number of methoxy groups -OCH3 is 2. The lowest BCUT2D eigenvalue weighted by Crippen LogP contribution is -2.00. The fourth-order valence-electron chi connectivity index (χ4n) is 4.19. The molecule has 0 atom stereocenters. The smallest absolute Gasteiger partial charge is 0.337 e. The van der Waals surface area contributed by atoms with Crippen molar-refractivity contribution in [2.24, 2.45) is 0 Å². The van der Waals surface area contributed by atoms with E-state index in [4.69, 9.17) is 9.47 Å². The molecule has 5 aromatic carbocycles. The minimum absolute atomic E-state index is 0.340. The molecule has 5 aromatic rings. The number of esters is 2. The quantitative estimate of drug-likeness (QED) is 0.277. The second-order valence-corrected chi connectivity index (χ2v) is 7.24. The Morgan fingerprint density at radius 3 is 1.23 bits per heavy atom. The monoisotopic (exact) mass is 394 g/mol. The van der Waals surface area contributed by atoms with Gasteiger partial charge in [0.2, 0.25) is 0 Å². The Bertz CT molecular complexity index is 1380. The van der Waals surface area contributed by atoms with Crippen LogP contribution in [-0.4, -0.2) is 26.2 Å². The molecule has 0 aromatic heterocycles. The van der Waals surface area contributed by atoms with Crippen LogP contribution in [0.25, 0.3) is 43.1 Å². The molecule has 0 saturated heterocycles. The number of benzene rings is 5. The maximum atomic E-state index is 11.9. The summed E-state index contributed by atoms with van der Waals surface area (Å²) in [5.74, 6) is -0.679. The molecule has 0 spiro atoms. The van der Waals surface area contributed by atoms with Crippen molar-refractivity contribution >= 4 is 55.0 Å². The van der Waals surface area contributed by atoms with E-state index >= 15 is 0 Å². The standard InChI is InChI=1S/C26H18O4/c1-29-25(27)17-5-7-19-15(13-17)3-9-23-21(19)11-12-22-20-8-6-18(26(28)30-2)14-16(20)4-10-24(22)23/h3-14H,1-2H3. The van der Waals surface area contributed by atoms with E-state index < -0.39 is 0 Å². The number of hydrogen-bond donors (Lipinski definition) is 0. The molecule has 0 aliphatic rings. The molecule has 0 aliphatic carbocycles. The zero-order valence-electron chi connectivity index (χ0n) is 16.6. The van der Waals surface area contributed by atoms with Gasteiger partial charge in [-0.05, 0) is 67.4 Å². The van der Waals surface area contributed by atoms with Crippen molar-refractivity contribution in [1.82, 2.24) is 0 Å². The minimum atomic E-state index is -0.340. The lowest BCUT2D eigenvalue weighted by atomic mass is 9.93. The molecule has 0 radical (unpaired) electrons. The van der Waals surface area contributed by atoms with Gasteiger partial charge in [0.05, 0.1) is 25.3 Å². The van der Waals surface area contributed by atoms with Gasteiger partial charge in [-0.25, -0.2) is 9.59 Å². The van der Waals surface area contributed by atoms with Crippen molar-refractivity contribution in [3.8, 4) is 0 Å². The molecular formula is C26H18O4. The largest absolute Gasteiger partial charge is 0.465 e. The van der Waals surface area contributed by atoms with Crippen LogP contribution in [0.5, 0.6) is 0 Å². The van der Waals surface area contributed by atoms with Gasteiger partial charge in [0, 0.05) is 0 Å². The van der Waals surface area contributed by atoms with E-state index in [1.54, 1.807) is 12.1 Å². The van der Waals surface area contributed by atoms with Crippen molar-refractivity contribution in [3.05, 3.63) is 83.9 Å². The summed E-state index contributed by atoms with van der Waals surface area (Å²) < 4.78 is 9.67. The Balaban J connectivity index is 1.76. The Labute approximate surface area is 172 Å². The highest BCUT2D eigenvalue weighted by Gasteiger charge is 2.12. The van der Waals surface area contributed by atoms with E-state index in [2.05, 4.69) is 24.3 Å². The van der Waals surface area contributed by atoms with E-state index in [1.807, 2.05) is 36.4 Å². The molecular weight excluding hydrogens is 376 g/mol. The Morgan fingerprint density at radius 2 is 0.833 bits per heavy atom. The first-order chi connectivity index (χ1) is 14.6. The van der Waals surface area contributed by atoms with Crippen LogP contribution in [0.1, 0.15) is 20.7 Å². The number of ether oxygens (including phenoxy) is 2. The van der Waals surface area contributed by atoms with Crippen LogP contribution in [0.3, 0.4) is 0 Å². The number of carbonyl (C=O) groups excluding carboxylic acids is 2. The second-order valence-electron chi connectivity index (χ2n) is 7.24. The van der Waals surface area contributed by atoms with Gasteiger partial charge in [-0.3, -0.25) is 0 Å². The van der Waals surface area contributed by atoms with Crippen molar-refractivity contribution in [1.29, 1.82) is 0 Å². The van der Waals surface area contributed by atoms with E-state index in [-0.39, 0.29) is 11.9 Å². The van der Waals surface area contributed by atoms with Crippen molar-refractivity contribution in [2.75, 3.05) is 14.2 Å². The maximum Gasteiger partial charge on any atom is 0.337 e. The molecule has 0 heterocycles. The van der Waals surface area contributed by atoms with Gasteiger partial charge in [0.1, 0.15) is 0 Å². The molecule has 0 unspecified atom stereocenters. The van der Waals surface area contributed by atoms with E-state index in [0.29, 0.717) is 11.1 Å². The van der Waals surface area contributed by atoms with Gasteiger partial charge < -0.3 is 9.47 Å². The van der Waals surface area contributed by atoms with E-state index in [0.717, 1.165) is 43.1 Å². The molecule has 4 heteroatoms. The maximum absolute atomic E-state index is 11.9. The van der Waals surface area contributed by atoms with Gasteiger partial charge in [-0.15, -0.1) is 0 Å². The molecule has 5 rings (SSSR count). The molecule has 0 N–H and O–H groups in total. The van der Waals surface area contributed by atoms with Crippen molar-refractivity contribution in [3.63, 3.8) is 0 Å². The van der Waals surface area contributed by atoms with Crippen LogP contribution in [0.4, 0.5) is 0 Å². The highest BCUT2D eigenvalue weighted by molar-refractivity contribution is 6.22. The molecule has 0 amide bonds. The summed E-state index contributed by atoms with van der Waals surface area (Å²) in [5.41, 5.74) is 1.08. The Morgan fingerprint density at radius 1 is 0.500 bits per heavy atom. The van der Waals surface area contributed by atoms with Crippen molar-refractivity contribution < 1.29 is 19.1 Å². The molecule has 146 valence electrons. The first kappa shape index (κ1) is 18.1. The van der Waals surface area contributed by atoms with Crippen LogP contribution in [-0.2, 0) is 9.47 Å². The van der Waals surface area contributed by atoms with Gasteiger partial charge in [0.25, 0.3) is 0 Å². The Hall–Kier alpha value is -3.92. The van der Waals surface area contributed by atoms with E-state index in [9.17, 15) is 9.59 Å². The molecule has 0 fully saturated rings. The number of rotatable bonds is 2. The van der Waals surface area contributed by atoms with Gasteiger partial charge >= 0.3 is 11.9 Å². The average molecular weight is 394 g/mol. The molecule has 0 saturated carbocycles. The van der Waals surface area contributed by atoms with Crippen LogP contribution in [0.2, 0.25) is 0 Å². The van der Waals surface area contributed by atoms with Gasteiger partial charge in [-0.2, -0.15) is 0 Å². The number of carbonyl (C=O) groups is 2. The fourth-order valence-corrected chi connectivity index (χ4v) is 4.19. The predicted octanol–water partition coefficient (Wildman–Crippen LogP) is 5.87. The summed E-state index contributed by atoms with van der Waals surface area (Å²) in [6.07, 6.45) is 0. The minimum Gasteiger partial charge on any atom is -0.465 e.